The number of benzene rings is 4. The van der Waals surface area contributed by atoms with Crippen LogP contribution in [-0.2, 0) is 0 Å². The Labute approximate surface area is 262 Å². The van der Waals surface area contributed by atoms with Crippen molar-refractivity contribution in [2.24, 2.45) is 5.10 Å². The normalized spacial score (nSPS) is 11.1. The first-order valence-electron chi connectivity index (χ1n) is 12.4. The highest BCUT2D eigenvalue weighted by molar-refractivity contribution is 9.11. The van der Waals surface area contributed by atoms with Gasteiger partial charge in [-0.05, 0) is 54.1 Å². The lowest BCUT2D eigenvalue weighted by Gasteiger charge is -2.11. The lowest BCUT2D eigenvalue weighted by molar-refractivity contribution is 0.0730. The third-order valence-corrected chi connectivity index (χ3v) is 7.69. The summed E-state index contributed by atoms with van der Waals surface area (Å²) in [5, 5.41) is 5.33. The molecule has 1 amide bonds. The fourth-order valence-corrected chi connectivity index (χ4v) is 5.48. The zero-order chi connectivity index (χ0) is 29.8. The van der Waals surface area contributed by atoms with E-state index in [9.17, 15) is 9.59 Å². The molecule has 212 valence electrons. The minimum Gasteiger partial charge on any atom is -0.496 e. The van der Waals surface area contributed by atoms with E-state index in [-0.39, 0.29) is 11.3 Å². The number of fused-ring (bicyclic) bond motifs is 1. The van der Waals surface area contributed by atoms with Gasteiger partial charge in [-0.15, -0.1) is 0 Å². The quantitative estimate of drug-likeness (QED) is 0.0735. The summed E-state index contributed by atoms with van der Waals surface area (Å²) < 4.78 is 18.0. The predicted octanol–water partition coefficient (Wildman–Crippen LogP) is 8.01. The highest BCUT2D eigenvalue weighted by Gasteiger charge is 2.23. The molecule has 4 aromatic carbocycles. The van der Waals surface area contributed by atoms with Gasteiger partial charge in [-0.3, -0.25) is 4.79 Å². The Bertz CT molecular complexity index is 1840. The van der Waals surface area contributed by atoms with E-state index in [1.54, 1.807) is 37.4 Å². The number of halogens is 3. The maximum absolute atomic E-state index is 13.5. The summed E-state index contributed by atoms with van der Waals surface area (Å²) in [6, 6.07) is 22.9. The van der Waals surface area contributed by atoms with Crippen molar-refractivity contribution < 1.29 is 23.8 Å². The van der Waals surface area contributed by atoms with E-state index in [0.29, 0.717) is 43.3 Å². The summed E-state index contributed by atoms with van der Waals surface area (Å²) in [5.41, 5.74) is 5.67. The molecule has 0 fully saturated rings. The van der Waals surface area contributed by atoms with Gasteiger partial charge in [0.1, 0.15) is 28.5 Å². The van der Waals surface area contributed by atoms with Gasteiger partial charge in [0.25, 0.3) is 5.91 Å². The number of nitrogens with zero attached hydrogens (tertiary/aromatic N) is 1. The molecule has 0 saturated carbocycles. The molecule has 11 heteroatoms. The summed E-state index contributed by atoms with van der Waals surface area (Å²) >= 11 is 13.1. The van der Waals surface area contributed by atoms with Gasteiger partial charge < -0.3 is 19.2 Å². The van der Waals surface area contributed by atoms with E-state index in [0.717, 1.165) is 15.4 Å². The summed E-state index contributed by atoms with van der Waals surface area (Å²) in [4.78, 5) is 29.7. The van der Waals surface area contributed by atoms with Gasteiger partial charge in [-0.2, -0.15) is 5.10 Å². The van der Waals surface area contributed by atoms with Crippen molar-refractivity contribution in [3.8, 4) is 28.4 Å². The van der Waals surface area contributed by atoms with Gasteiger partial charge in [0, 0.05) is 30.5 Å². The molecule has 0 aliphatic carbocycles. The smallest absolute Gasteiger partial charge is 0.347 e. The molecular weight excluding hydrogens is 690 g/mol. The highest BCUT2D eigenvalue weighted by Crippen LogP contribution is 2.41. The van der Waals surface area contributed by atoms with Gasteiger partial charge in [-0.1, -0.05) is 73.8 Å². The van der Waals surface area contributed by atoms with Crippen molar-refractivity contribution in [2.45, 2.75) is 0 Å². The second kappa shape index (κ2) is 12.8. The Morgan fingerprint density at radius 1 is 0.905 bits per heavy atom. The average molecular weight is 712 g/mol. The van der Waals surface area contributed by atoms with Crippen molar-refractivity contribution in [3.63, 3.8) is 0 Å². The first-order valence-corrected chi connectivity index (χ1v) is 14.4. The van der Waals surface area contributed by atoms with Crippen LogP contribution in [0.25, 0.3) is 22.0 Å². The SMILES string of the molecule is COc1ccc(Cl)cc1C(=O)Oc1ccc(Br)cc1C=NNC(=O)c1[nH]c2c(OC)ccc(Br)c2c1-c1ccccc1. The van der Waals surface area contributed by atoms with Crippen LogP contribution in [0.15, 0.2) is 92.9 Å². The monoisotopic (exact) mass is 709 g/mol. The Hall–Kier alpha value is -4.12. The molecule has 42 heavy (non-hydrogen) atoms. The van der Waals surface area contributed by atoms with Crippen LogP contribution in [0.5, 0.6) is 17.2 Å². The first-order chi connectivity index (χ1) is 20.3. The van der Waals surface area contributed by atoms with Crippen molar-refractivity contribution in [1.82, 2.24) is 10.4 Å². The second-order valence-electron chi connectivity index (χ2n) is 8.86. The third kappa shape index (κ3) is 6.06. The molecule has 1 aromatic heterocycles. The van der Waals surface area contributed by atoms with E-state index < -0.39 is 11.9 Å². The fourth-order valence-electron chi connectivity index (χ4n) is 4.40. The molecule has 0 aliphatic heterocycles. The Morgan fingerprint density at radius 2 is 1.62 bits per heavy atom. The average Bonchev–Trinajstić information content (AvgIpc) is 3.41. The molecule has 0 aliphatic rings. The number of amides is 1. The van der Waals surface area contributed by atoms with Crippen molar-refractivity contribution in [1.29, 1.82) is 0 Å². The first kappa shape index (κ1) is 29.4. The topological polar surface area (TPSA) is 102 Å². The molecular formula is C31H22Br2ClN3O5. The zero-order valence-electron chi connectivity index (χ0n) is 22.2. The summed E-state index contributed by atoms with van der Waals surface area (Å²) in [7, 11) is 3.02. The second-order valence-corrected chi connectivity index (χ2v) is 11.1. The molecule has 8 nitrogen and oxygen atoms in total. The molecule has 0 unspecified atom stereocenters. The lowest BCUT2D eigenvalue weighted by Crippen LogP contribution is -2.19. The number of nitrogens with one attached hydrogen (secondary N) is 2. The largest absolute Gasteiger partial charge is 0.496 e. The van der Waals surface area contributed by atoms with Gasteiger partial charge in [0.2, 0.25) is 0 Å². The number of aromatic nitrogens is 1. The van der Waals surface area contributed by atoms with Crippen LogP contribution >= 0.6 is 43.5 Å². The molecule has 0 bridgehead atoms. The number of carbonyl (C=O) groups is 2. The summed E-state index contributed by atoms with van der Waals surface area (Å²) in [5.74, 6) is -0.0231. The van der Waals surface area contributed by atoms with Crippen molar-refractivity contribution in [2.75, 3.05) is 14.2 Å². The predicted molar refractivity (Wildman–Crippen MR) is 170 cm³/mol. The number of ether oxygens (including phenoxy) is 3. The van der Waals surface area contributed by atoms with Gasteiger partial charge >= 0.3 is 5.97 Å². The van der Waals surface area contributed by atoms with Crippen LogP contribution in [0.2, 0.25) is 5.02 Å². The molecule has 0 atom stereocenters. The van der Waals surface area contributed by atoms with E-state index in [1.165, 1.54) is 19.4 Å². The number of esters is 1. The number of rotatable bonds is 8. The number of carbonyl (C=O) groups excluding carboxylic acids is 2. The van der Waals surface area contributed by atoms with Crippen LogP contribution in [0, 0.1) is 0 Å². The molecule has 0 saturated heterocycles. The van der Waals surface area contributed by atoms with Gasteiger partial charge in [-0.25, -0.2) is 10.2 Å². The van der Waals surface area contributed by atoms with Crippen molar-refractivity contribution >= 4 is 72.5 Å². The Morgan fingerprint density at radius 3 is 2.36 bits per heavy atom. The molecule has 0 radical (unpaired) electrons. The number of hydrogen-bond donors (Lipinski definition) is 2. The van der Waals surface area contributed by atoms with Crippen molar-refractivity contribution in [3.05, 3.63) is 110 Å². The fraction of sp³-hybridized carbons (Fsp3) is 0.0645. The lowest BCUT2D eigenvalue weighted by atomic mass is 10.0. The summed E-state index contributed by atoms with van der Waals surface area (Å²) in [6.45, 7) is 0. The Balaban J connectivity index is 1.45. The molecule has 0 spiro atoms. The Kier molecular flexibility index (Phi) is 8.96. The van der Waals surface area contributed by atoms with Crippen LogP contribution in [0.1, 0.15) is 26.4 Å². The van der Waals surface area contributed by atoms with E-state index in [4.69, 9.17) is 25.8 Å². The van der Waals surface area contributed by atoms with E-state index >= 15 is 0 Å². The maximum Gasteiger partial charge on any atom is 0.347 e. The maximum atomic E-state index is 13.5. The van der Waals surface area contributed by atoms with E-state index in [2.05, 4.69) is 47.4 Å². The molecule has 5 rings (SSSR count). The highest BCUT2D eigenvalue weighted by atomic mass is 79.9. The third-order valence-electron chi connectivity index (χ3n) is 6.30. The number of H-pyrrole nitrogens is 1. The molecule has 1 heterocycles. The number of hydrazone groups is 1. The number of hydrogen-bond acceptors (Lipinski definition) is 6. The zero-order valence-corrected chi connectivity index (χ0v) is 26.1. The van der Waals surface area contributed by atoms with Crippen LogP contribution in [0.3, 0.4) is 0 Å². The van der Waals surface area contributed by atoms with E-state index in [1.807, 2.05) is 42.5 Å². The summed E-state index contributed by atoms with van der Waals surface area (Å²) in [6.07, 6.45) is 1.39. The van der Waals surface area contributed by atoms with Crippen LogP contribution < -0.4 is 19.6 Å². The molecule has 5 aromatic rings. The van der Waals surface area contributed by atoms with Crippen LogP contribution in [0.4, 0.5) is 0 Å². The molecule has 2 N–H and O–H groups in total. The number of aromatic amines is 1. The minimum atomic E-state index is -0.666. The van der Waals surface area contributed by atoms with Gasteiger partial charge in [0.05, 0.1) is 26.0 Å². The van der Waals surface area contributed by atoms with Crippen LogP contribution in [-0.4, -0.2) is 37.3 Å². The minimum absolute atomic E-state index is 0.165. The van der Waals surface area contributed by atoms with Gasteiger partial charge in [0.15, 0.2) is 0 Å². The standard InChI is InChI=1S/C31H22Br2ClN3O5/c1-40-24-12-9-20(34)15-21(24)31(39)42-23-11-8-19(32)14-18(23)16-35-37-30(38)29-26(17-6-4-3-5-7-17)27-22(33)10-13-25(41-2)28(27)36-29/h3-16,36H,1-2H3,(H,37,38). The number of methoxy groups -OCH3 is 2.